The number of aromatic nitrogens is 3. The van der Waals surface area contributed by atoms with Crippen LogP contribution in [0, 0.1) is 34.6 Å². The van der Waals surface area contributed by atoms with E-state index in [1.165, 1.54) is 38.9 Å². The van der Waals surface area contributed by atoms with Crippen LogP contribution in [-0.4, -0.2) is 44.5 Å². The van der Waals surface area contributed by atoms with E-state index in [0.29, 0.717) is 13.0 Å². The van der Waals surface area contributed by atoms with E-state index in [1.807, 2.05) is 30.0 Å². The van der Waals surface area contributed by atoms with Gasteiger partial charge in [-0.15, -0.1) is 0 Å². The van der Waals surface area contributed by atoms with Crippen LogP contribution in [-0.2, 0) is 11.3 Å². The van der Waals surface area contributed by atoms with Crippen molar-refractivity contribution in [3.8, 4) is 5.75 Å². The SMILES string of the molecule is CCC(=O)N1CCCCC1COc1cccc2ncnc(Nc3c(C)c(C)c4c(c3C)c(C)c(C)n4CC)c12. The molecule has 1 atom stereocenters. The smallest absolute Gasteiger partial charge is 0.222 e. The molecule has 7 heteroatoms. The maximum Gasteiger partial charge on any atom is 0.222 e. The van der Waals surface area contributed by atoms with Crippen LogP contribution in [0.3, 0.4) is 0 Å². The summed E-state index contributed by atoms with van der Waals surface area (Å²) in [7, 11) is 0. The first-order valence-electron chi connectivity index (χ1n) is 14.3. The molecule has 1 amide bonds. The first-order chi connectivity index (χ1) is 18.8. The van der Waals surface area contributed by atoms with E-state index in [1.54, 1.807) is 6.33 Å². The summed E-state index contributed by atoms with van der Waals surface area (Å²) < 4.78 is 8.88. The zero-order chi connectivity index (χ0) is 27.8. The van der Waals surface area contributed by atoms with Crippen molar-refractivity contribution < 1.29 is 9.53 Å². The zero-order valence-electron chi connectivity index (χ0n) is 24.4. The number of amides is 1. The Morgan fingerprint density at radius 2 is 1.79 bits per heavy atom. The number of aryl methyl sites for hydroxylation is 4. The second-order valence-corrected chi connectivity index (χ2v) is 10.8. The Bertz CT molecular complexity index is 1550. The molecule has 0 saturated carbocycles. The molecule has 2 aromatic carbocycles. The maximum absolute atomic E-state index is 12.5. The van der Waals surface area contributed by atoms with E-state index in [2.05, 4.69) is 56.4 Å². The Morgan fingerprint density at radius 3 is 2.54 bits per heavy atom. The lowest BCUT2D eigenvalue weighted by molar-refractivity contribution is -0.135. The summed E-state index contributed by atoms with van der Waals surface area (Å²) in [5.41, 5.74) is 9.59. The van der Waals surface area contributed by atoms with E-state index in [-0.39, 0.29) is 11.9 Å². The molecular weight excluding hydrogens is 486 g/mol. The van der Waals surface area contributed by atoms with Gasteiger partial charge in [0.15, 0.2) is 0 Å². The topological polar surface area (TPSA) is 72.3 Å². The monoisotopic (exact) mass is 527 g/mol. The second-order valence-electron chi connectivity index (χ2n) is 10.8. The Labute approximate surface area is 231 Å². The lowest BCUT2D eigenvalue weighted by Gasteiger charge is -2.35. The van der Waals surface area contributed by atoms with E-state index in [4.69, 9.17) is 9.72 Å². The highest BCUT2D eigenvalue weighted by molar-refractivity contribution is 6.00. The van der Waals surface area contributed by atoms with Gasteiger partial charge in [-0.2, -0.15) is 0 Å². The highest BCUT2D eigenvalue weighted by atomic mass is 16.5. The third kappa shape index (κ3) is 4.62. The minimum absolute atomic E-state index is 0.0888. The zero-order valence-corrected chi connectivity index (χ0v) is 24.4. The number of rotatable bonds is 7. The normalized spacial score (nSPS) is 15.8. The standard InChI is InChI=1S/C32H41N5O2/c1-8-27(38)37-16-11-10-13-24(37)17-39-26-15-12-14-25-29(26)32(34-18-33-25)35-30-19(3)20(4)31-28(22(30)6)21(5)23(7)36(31)9-2/h12,14-15,18,24H,8-11,13,16-17H2,1-7H3,(H,33,34,35). The summed E-state index contributed by atoms with van der Waals surface area (Å²) >= 11 is 0. The van der Waals surface area contributed by atoms with Gasteiger partial charge in [-0.1, -0.05) is 13.0 Å². The summed E-state index contributed by atoms with van der Waals surface area (Å²) in [6.07, 6.45) is 5.27. The molecule has 206 valence electrons. The Morgan fingerprint density at radius 1 is 1.00 bits per heavy atom. The van der Waals surface area contributed by atoms with Crippen molar-refractivity contribution in [1.82, 2.24) is 19.4 Å². The van der Waals surface area contributed by atoms with Gasteiger partial charge >= 0.3 is 0 Å². The molecule has 1 aliphatic heterocycles. The number of ether oxygens (including phenoxy) is 1. The molecule has 1 unspecified atom stereocenters. The van der Waals surface area contributed by atoms with Crippen molar-refractivity contribution in [3.05, 3.63) is 52.5 Å². The third-order valence-electron chi connectivity index (χ3n) is 8.74. The molecule has 3 heterocycles. The van der Waals surface area contributed by atoms with Gasteiger partial charge in [0.05, 0.1) is 22.5 Å². The van der Waals surface area contributed by atoms with E-state index in [9.17, 15) is 4.79 Å². The first kappa shape index (κ1) is 27.0. The van der Waals surface area contributed by atoms with Gasteiger partial charge in [-0.25, -0.2) is 9.97 Å². The molecule has 39 heavy (non-hydrogen) atoms. The summed E-state index contributed by atoms with van der Waals surface area (Å²) in [4.78, 5) is 23.8. The van der Waals surface area contributed by atoms with Gasteiger partial charge in [0.2, 0.25) is 5.91 Å². The molecule has 5 rings (SSSR count). The number of piperidine rings is 1. The molecule has 0 aliphatic carbocycles. The van der Waals surface area contributed by atoms with Gasteiger partial charge in [0.25, 0.3) is 0 Å². The number of benzene rings is 2. The van der Waals surface area contributed by atoms with Crippen LogP contribution >= 0.6 is 0 Å². The molecule has 1 N–H and O–H groups in total. The largest absolute Gasteiger partial charge is 0.491 e. The molecule has 0 radical (unpaired) electrons. The Balaban J connectivity index is 1.55. The summed E-state index contributed by atoms with van der Waals surface area (Å²) in [5.74, 6) is 1.67. The minimum Gasteiger partial charge on any atom is -0.491 e. The van der Waals surface area contributed by atoms with Crippen molar-refractivity contribution >= 4 is 39.2 Å². The number of hydrogen-bond donors (Lipinski definition) is 1. The van der Waals surface area contributed by atoms with Gasteiger partial charge in [-0.3, -0.25) is 4.79 Å². The number of fused-ring (bicyclic) bond motifs is 2. The molecule has 0 spiro atoms. The van der Waals surface area contributed by atoms with Gasteiger partial charge in [-0.05, 0) is 95.2 Å². The number of nitrogens with zero attached hydrogens (tertiary/aromatic N) is 4. The number of likely N-dealkylation sites (tertiary alicyclic amines) is 1. The lowest BCUT2D eigenvalue weighted by atomic mass is 9.96. The average molecular weight is 528 g/mol. The van der Waals surface area contributed by atoms with Gasteiger partial charge < -0.3 is 19.5 Å². The number of carbonyl (C=O) groups is 1. The van der Waals surface area contributed by atoms with Crippen LogP contribution in [0.1, 0.15) is 67.5 Å². The van der Waals surface area contributed by atoms with Crippen molar-refractivity contribution in [2.24, 2.45) is 0 Å². The van der Waals surface area contributed by atoms with Crippen LogP contribution in [0.4, 0.5) is 11.5 Å². The fourth-order valence-electron chi connectivity index (χ4n) is 6.37. The molecule has 1 aliphatic rings. The van der Waals surface area contributed by atoms with Crippen molar-refractivity contribution in [2.75, 3.05) is 18.5 Å². The lowest BCUT2D eigenvalue weighted by Crippen LogP contribution is -2.46. The van der Waals surface area contributed by atoms with Gasteiger partial charge in [0, 0.05) is 36.3 Å². The Kier molecular flexibility index (Phi) is 7.52. The van der Waals surface area contributed by atoms with Crippen LogP contribution in [0.2, 0.25) is 0 Å². The average Bonchev–Trinajstić information content (AvgIpc) is 3.22. The molecule has 1 saturated heterocycles. The molecule has 0 bridgehead atoms. The van der Waals surface area contributed by atoms with Gasteiger partial charge in [0.1, 0.15) is 24.5 Å². The summed E-state index contributed by atoms with van der Waals surface area (Å²) in [6.45, 7) is 17.4. The highest BCUT2D eigenvalue weighted by Gasteiger charge is 2.27. The van der Waals surface area contributed by atoms with E-state index in [0.717, 1.165) is 60.5 Å². The molecule has 1 fully saturated rings. The summed E-state index contributed by atoms with van der Waals surface area (Å²) in [6, 6.07) is 6.03. The molecule has 7 nitrogen and oxygen atoms in total. The van der Waals surface area contributed by atoms with Crippen molar-refractivity contribution in [3.63, 3.8) is 0 Å². The van der Waals surface area contributed by atoms with Crippen molar-refractivity contribution in [1.29, 1.82) is 0 Å². The van der Waals surface area contributed by atoms with E-state index < -0.39 is 0 Å². The first-order valence-corrected chi connectivity index (χ1v) is 14.3. The van der Waals surface area contributed by atoms with Crippen LogP contribution < -0.4 is 10.1 Å². The molecular formula is C32H41N5O2. The molecule has 4 aromatic rings. The minimum atomic E-state index is 0.0888. The fourth-order valence-corrected chi connectivity index (χ4v) is 6.37. The second kappa shape index (κ2) is 10.9. The summed E-state index contributed by atoms with van der Waals surface area (Å²) in [5, 5.41) is 5.87. The predicted molar refractivity (Wildman–Crippen MR) is 159 cm³/mol. The van der Waals surface area contributed by atoms with E-state index >= 15 is 0 Å². The van der Waals surface area contributed by atoms with Crippen LogP contribution in [0.5, 0.6) is 5.75 Å². The van der Waals surface area contributed by atoms with Crippen molar-refractivity contribution in [2.45, 2.75) is 86.7 Å². The predicted octanol–water partition coefficient (Wildman–Crippen LogP) is 7.06. The Hall–Kier alpha value is -3.61. The third-order valence-corrected chi connectivity index (χ3v) is 8.74. The van der Waals surface area contributed by atoms with Crippen LogP contribution in [0.25, 0.3) is 21.8 Å². The van der Waals surface area contributed by atoms with Crippen LogP contribution in [0.15, 0.2) is 24.5 Å². The quantitative estimate of drug-likeness (QED) is 0.279. The number of anilines is 2. The fraction of sp³-hybridized carbons (Fsp3) is 0.469. The highest BCUT2D eigenvalue weighted by Crippen LogP contribution is 2.40. The molecule has 2 aromatic heterocycles. The number of carbonyl (C=O) groups excluding carboxylic acids is 1. The maximum atomic E-state index is 12.5. The number of nitrogens with one attached hydrogen (secondary N) is 1. The number of hydrogen-bond acceptors (Lipinski definition) is 5.